The highest BCUT2D eigenvalue weighted by Crippen LogP contribution is 2.43. The average Bonchev–Trinajstić information content (AvgIpc) is 3.17. The molecule has 0 aliphatic rings. The summed E-state index contributed by atoms with van der Waals surface area (Å²) in [6.07, 6.45) is 2.04. The van der Waals surface area contributed by atoms with Crippen LogP contribution in [0.3, 0.4) is 0 Å². The van der Waals surface area contributed by atoms with Gasteiger partial charge in [0.2, 0.25) is 0 Å². The summed E-state index contributed by atoms with van der Waals surface area (Å²) in [5, 5.41) is 8.17. The van der Waals surface area contributed by atoms with Gasteiger partial charge in [0, 0.05) is 21.5 Å². The van der Waals surface area contributed by atoms with Crippen LogP contribution in [0.1, 0.15) is 58.2 Å². The summed E-state index contributed by atoms with van der Waals surface area (Å²) in [6, 6.07) is 20.6. The predicted molar refractivity (Wildman–Crippen MR) is 176 cm³/mol. The van der Waals surface area contributed by atoms with Crippen LogP contribution in [0.25, 0.3) is 59.8 Å². The minimum Gasteiger partial charge on any atom is -0.308 e. The zero-order valence-electron chi connectivity index (χ0n) is 24.7. The highest BCUT2D eigenvalue weighted by atomic mass is 14.9. The quantitative estimate of drug-likeness (QED) is 0.131. The Morgan fingerprint density at radius 2 is 1.27 bits per heavy atom. The topological polar surface area (TPSA) is 17.3 Å². The highest BCUT2D eigenvalue weighted by molar-refractivity contribution is 6.53. The van der Waals surface area contributed by atoms with Crippen LogP contribution in [0, 0.1) is 17.8 Å². The molecule has 0 amide bonds. The van der Waals surface area contributed by atoms with E-state index < -0.39 is 0 Å². The van der Waals surface area contributed by atoms with Crippen molar-refractivity contribution in [1.29, 1.82) is 0 Å². The van der Waals surface area contributed by atoms with E-state index in [1.165, 1.54) is 54.8 Å². The summed E-state index contributed by atoms with van der Waals surface area (Å²) in [4.78, 5) is 4.96. The Hall–Kier alpha value is -3.52. The van der Waals surface area contributed by atoms with Gasteiger partial charge in [-0.1, -0.05) is 89.5 Å². The fourth-order valence-corrected chi connectivity index (χ4v) is 6.96. The van der Waals surface area contributed by atoms with Crippen LogP contribution >= 0.6 is 0 Å². The van der Waals surface area contributed by atoms with Crippen LogP contribution in [-0.4, -0.2) is 25.1 Å². The molecule has 194 valence electrons. The summed E-state index contributed by atoms with van der Waals surface area (Å²) < 4.78 is 2.48. The lowest BCUT2D eigenvalue weighted by Crippen LogP contribution is -2.29. The van der Waals surface area contributed by atoms with Crippen LogP contribution in [0.2, 0.25) is 0 Å². The monoisotopic (exact) mass is 516 g/mol. The van der Waals surface area contributed by atoms with Crippen molar-refractivity contribution in [3.05, 3.63) is 71.3 Å². The summed E-state index contributed by atoms with van der Waals surface area (Å²) >= 11 is 0. The Morgan fingerprint density at radius 3 is 1.95 bits per heavy atom. The summed E-state index contributed by atoms with van der Waals surface area (Å²) in [7, 11) is 13.0. The second-order valence-corrected chi connectivity index (χ2v) is 14.3. The standard InChI is InChI=1S/C36H34B2N2/c1-19-23-10-8-20(17-35(2,3)4)14-22(23)16-27-31-29-26(30(37)34(38)39-31)13-12-25-24-11-9-21(18-36(5,6)7)15-28(24)40(32(19)27)33(25)29/h8-16H,17-18H2,1-7H3. The lowest BCUT2D eigenvalue weighted by atomic mass is 9.80. The van der Waals surface area contributed by atoms with Gasteiger partial charge in [0.15, 0.2) is 0 Å². The first-order valence-corrected chi connectivity index (χ1v) is 14.3. The first kappa shape index (κ1) is 25.4. The van der Waals surface area contributed by atoms with Crippen molar-refractivity contribution in [3.63, 3.8) is 0 Å². The Kier molecular flexibility index (Phi) is 5.25. The third-order valence-electron chi connectivity index (χ3n) is 8.41. The van der Waals surface area contributed by atoms with Gasteiger partial charge < -0.3 is 4.40 Å². The number of aryl methyl sites for hydroxylation is 1. The van der Waals surface area contributed by atoms with Crippen LogP contribution in [0.5, 0.6) is 0 Å². The fourth-order valence-electron chi connectivity index (χ4n) is 6.96. The number of hydrogen-bond acceptors (Lipinski definition) is 1. The van der Waals surface area contributed by atoms with Gasteiger partial charge in [-0.05, 0) is 81.2 Å². The van der Waals surface area contributed by atoms with Crippen molar-refractivity contribution in [1.82, 2.24) is 9.38 Å². The lowest BCUT2D eigenvalue weighted by Gasteiger charge is -2.20. The molecule has 4 radical (unpaired) electrons. The second-order valence-electron chi connectivity index (χ2n) is 14.3. The molecule has 0 aliphatic heterocycles. The summed E-state index contributed by atoms with van der Waals surface area (Å²) in [5.41, 5.74) is 9.86. The molecule has 0 fully saturated rings. The van der Waals surface area contributed by atoms with E-state index in [9.17, 15) is 0 Å². The zero-order chi connectivity index (χ0) is 28.3. The molecule has 0 spiro atoms. The van der Waals surface area contributed by atoms with Gasteiger partial charge >= 0.3 is 0 Å². The third kappa shape index (κ3) is 3.75. The average molecular weight is 516 g/mol. The van der Waals surface area contributed by atoms with Crippen LogP contribution in [-0.2, 0) is 12.8 Å². The Balaban J connectivity index is 1.71. The molecule has 0 N–H and O–H groups in total. The normalized spacial score (nSPS) is 13.3. The molecule has 3 heterocycles. The number of nitrogens with zero attached hydrogens (tertiary/aromatic N) is 2. The van der Waals surface area contributed by atoms with Crippen molar-refractivity contribution in [2.45, 2.75) is 61.3 Å². The molecule has 0 unspecified atom stereocenters. The molecule has 4 aromatic carbocycles. The Labute approximate surface area is 238 Å². The van der Waals surface area contributed by atoms with E-state index in [0.29, 0.717) is 11.1 Å². The van der Waals surface area contributed by atoms with E-state index in [1.807, 2.05) is 0 Å². The van der Waals surface area contributed by atoms with Gasteiger partial charge in [-0.15, -0.1) is 0 Å². The highest BCUT2D eigenvalue weighted by Gasteiger charge is 2.23. The number of hydrogen-bond donors (Lipinski definition) is 0. The third-order valence-corrected chi connectivity index (χ3v) is 8.41. The van der Waals surface area contributed by atoms with E-state index >= 15 is 0 Å². The minimum atomic E-state index is 0.201. The fraction of sp³-hybridized carbons (Fsp3) is 0.306. The van der Waals surface area contributed by atoms with E-state index in [1.54, 1.807) is 0 Å². The number of benzene rings is 4. The van der Waals surface area contributed by atoms with Crippen LogP contribution in [0.4, 0.5) is 0 Å². The molecule has 40 heavy (non-hydrogen) atoms. The number of pyridine rings is 2. The number of rotatable bonds is 2. The van der Waals surface area contributed by atoms with Crippen molar-refractivity contribution < 1.29 is 0 Å². The van der Waals surface area contributed by atoms with Gasteiger partial charge in [0.05, 0.1) is 22.1 Å². The smallest absolute Gasteiger partial charge is 0.140 e. The largest absolute Gasteiger partial charge is 0.308 e. The molecular formula is C36H34B2N2. The Bertz CT molecular complexity index is 2150. The molecule has 0 saturated heterocycles. The molecule has 0 atom stereocenters. The maximum atomic E-state index is 6.56. The second kappa shape index (κ2) is 8.26. The molecule has 7 aromatic rings. The molecule has 0 aliphatic carbocycles. The van der Waals surface area contributed by atoms with Gasteiger partial charge in [-0.2, -0.15) is 0 Å². The maximum absolute atomic E-state index is 6.56. The van der Waals surface area contributed by atoms with E-state index in [4.69, 9.17) is 20.7 Å². The minimum absolute atomic E-state index is 0.201. The molecule has 4 heteroatoms. The van der Waals surface area contributed by atoms with E-state index in [-0.39, 0.29) is 10.8 Å². The van der Waals surface area contributed by atoms with Gasteiger partial charge in [0.1, 0.15) is 15.7 Å². The lowest BCUT2D eigenvalue weighted by molar-refractivity contribution is 0.411. The van der Waals surface area contributed by atoms with Crippen LogP contribution in [0.15, 0.2) is 54.6 Å². The summed E-state index contributed by atoms with van der Waals surface area (Å²) in [5.74, 6) is 0. The van der Waals surface area contributed by atoms with Gasteiger partial charge in [-0.25, -0.2) is 0 Å². The van der Waals surface area contributed by atoms with E-state index in [2.05, 4.69) is 107 Å². The molecule has 2 nitrogen and oxygen atoms in total. The number of aromatic nitrogens is 2. The maximum Gasteiger partial charge on any atom is 0.140 e. The first-order chi connectivity index (χ1) is 18.8. The molecule has 7 rings (SSSR count). The predicted octanol–water partition coefficient (Wildman–Crippen LogP) is 7.61. The molecule has 3 aromatic heterocycles. The van der Waals surface area contributed by atoms with Crippen molar-refractivity contribution >= 4 is 86.5 Å². The molecular weight excluding hydrogens is 482 g/mol. The SMILES string of the molecule is [B]c1nc2c3cc4cc(CC(C)(C)C)ccc4c(C)c3n3c4cc(CC(C)(C)C)ccc4c4ccc(c1[B])c2c43. The van der Waals surface area contributed by atoms with Gasteiger partial charge in [0.25, 0.3) is 0 Å². The van der Waals surface area contributed by atoms with Crippen LogP contribution < -0.4 is 11.1 Å². The Morgan fingerprint density at radius 1 is 0.675 bits per heavy atom. The van der Waals surface area contributed by atoms with Gasteiger partial charge in [-0.3, -0.25) is 4.98 Å². The number of fused-ring (bicyclic) bond motifs is 7. The van der Waals surface area contributed by atoms with Crippen molar-refractivity contribution in [3.8, 4) is 0 Å². The molecule has 0 saturated carbocycles. The zero-order valence-corrected chi connectivity index (χ0v) is 24.7. The molecule has 0 bridgehead atoms. The summed E-state index contributed by atoms with van der Waals surface area (Å²) in [6.45, 7) is 16.0. The van der Waals surface area contributed by atoms with Crippen molar-refractivity contribution in [2.75, 3.05) is 0 Å². The van der Waals surface area contributed by atoms with Crippen molar-refractivity contribution in [2.24, 2.45) is 10.8 Å². The van der Waals surface area contributed by atoms with E-state index in [0.717, 1.165) is 34.5 Å². The first-order valence-electron chi connectivity index (χ1n) is 14.3.